The Bertz CT molecular complexity index is 732. The zero-order valence-electron chi connectivity index (χ0n) is 11.6. The maximum Gasteiger partial charge on any atom is 0.233 e. The van der Waals surface area contributed by atoms with E-state index in [1.807, 2.05) is 19.1 Å². The number of hydrogen-bond acceptors (Lipinski definition) is 5. The van der Waals surface area contributed by atoms with Gasteiger partial charge in [0.25, 0.3) is 0 Å². The molecule has 112 valence electrons. The summed E-state index contributed by atoms with van der Waals surface area (Å²) in [5, 5.41) is 11.5. The number of aromatic nitrogens is 2. The Morgan fingerprint density at radius 3 is 2.43 bits per heavy atom. The van der Waals surface area contributed by atoms with Crippen LogP contribution >= 0.6 is 11.6 Å². The van der Waals surface area contributed by atoms with Crippen LogP contribution in [0.15, 0.2) is 30.3 Å². The zero-order chi connectivity index (χ0) is 15.5. The fourth-order valence-corrected chi connectivity index (χ4v) is 2.31. The molecule has 2 rings (SSSR count). The molecule has 1 aromatic carbocycles. The smallest absolute Gasteiger partial charge is 0.233 e. The third kappa shape index (κ3) is 4.05. The Hall–Kier alpha value is -1.86. The van der Waals surface area contributed by atoms with E-state index in [-0.39, 0.29) is 11.6 Å². The average Bonchev–Trinajstić information content (AvgIpc) is 2.46. The van der Waals surface area contributed by atoms with Crippen LogP contribution in [-0.4, -0.2) is 24.4 Å². The molecule has 2 N–H and O–H groups in total. The van der Waals surface area contributed by atoms with Crippen molar-refractivity contribution in [1.82, 2.24) is 10.2 Å². The molecule has 2 aromatic rings. The fourth-order valence-electron chi connectivity index (χ4n) is 1.57. The molecule has 21 heavy (non-hydrogen) atoms. The Morgan fingerprint density at radius 2 is 1.81 bits per heavy atom. The average molecular weight is 327 g/mol. The van der Waals surface area contributed by atoms with Crippen molar-refractivity contribution >= 4 is 38.9 Å². The van der Waals surface area contributed by atoms with Gasteiger partial charge in [-0.2, -0.15) is 0 Å². The molecule has 0 fully saturated rings. The second kappa shape index (κ2) is 6.28. The van der Waals surface area contributed by atoms with Gasteiger partial charge in [0.2, 0.25) is 10.0 Å². The van der Waals surface area contributed by atoms with E-state index >= 15 is 0 Å². The van der Waals surface area contributed by atoms with Gasteiger partial charge >= 0.3 is 0 Å². The summed E-state index contributed by atoms with van der Waals surface area (Å²) in [5.74, 6) is 0.668. The zero-order valence-corrected chi connectivity index (χ0v) is 13.2. The summed E-state index contributed by atoms with van der Waals surface area (Å²) in [4.78, 5) is 0. The highest BCUT2D eigenvalue weighted by molar-refractivity contribution is 7.92. The number of anilines is 3. The highest BCUT2D eigenvalue weighted by Crippen LogP contribution is 2.25. The van der Waals surface area contributed by atoms with Crippen LogP contribution in [0, 0.1) is 6.92 Å². The lowest BCUT2D eigenvalue weighted by Gasteiger charge is -2.10. The largest absolute Gasteiger partial charge is 0.338 e. The Morgan fingerprint density at radius 1 is 1.14 bits per heavy atom. The van der Waals surface area contributed by atoms with Crippen molar-refractivity contribution in [3.05, 3.63) is 40.9 Å². The van der Waals surface area contributed by atoms with Gasteiger partial charge < -0.3 is 5.32 Å². The molecule has 0 atom stereocenters. The highest BCUT2D eigenvalue weighted by atomic mass is 35.5. The molecule has 0 aliphatic heterocycles. The summed E-state index contributed by atoms with van der Waals surface area (Å²) >= 11 is 6.04. The van der Waals surface area contributed by atoms with E-state index in [0.29, 0.717) is 10.8 Å². The summed E-state index contributed by atoms with van der Waals surface area (Å²) in [5.41, 5.74) is 1.72. The number of rotatable bonds is 5. The second-order valence-electron chi connectivity index (χ2n) is 4.35. The minimum atomic E-state index is -3.35. The summed E-state index contributed by atoms with van der Waals surface area (Å²) < 4.78 is 25.2. The summed E-state index contributed by atoms with van der Waals surface area (Å²) in [7, 11) is -3.35. The number of halogens is 1. The molecule has 0 spiro atoms. The molecule has 1 aromatic heterocycles. The van der Waals surface area contributed by atoms with E-state index in [0.717, 1.165) is 11.3 Å². The predicted octanol–water partition coefficient (Wildman–Crippen LogP) is 2.94. The van der Waals surface area contributed by atoms with E-state index in [1.54, 1.807) is 25.1 Å². The van der Waals surface area contributed by atoms with Crippen molar-refractivity contribution in [2.75, 3.05) is 15.8 Å². The molecular formula is C13H15ClN4O2S. The standard InChI is InChI=1S/C13H15ClN4O2S/c1-3-21(19,20)18-13-8-7-12(16-17-13)15-11-6-4-5-10(14)9(11)2/h4-8H,3H2,1-2H3,(H,15,16)(H,17,18). The normalized spacial score (nSPS) is 11.2. The maximum atomic E-state index is 11.4. The molecule has 6 nitrogen and oxygen atoms in total. The number of benzene rings is 1. The summed E-state index contributed by atoms with van der Waals surface area (Å²) in [6.45, 7) is 3.44. The molecule has 0 aliphatic carbocycles. The van der Waals surface area contributed by atoms with E-state index < -0.39 is 10.0 Å². The van der Waals surface area contributed by atoms with Crippen LogP contribution in [0.1, 0.15) is 12.5 Å². The van der Waals surface area contributed by atoms with E-state index in [1.165, 1.54) is 0 Å². The van der Waals surface area contributed by atoms with Crippen LogP contribution in [0.2, 0.25) is 5.02 Å². The molecule has 8 heteroatoms. The van der Waals surface area contributed by atoms with E-state index in [4.69, 9.17) is 11.6 Å². The van der Waals surface area contributed by atoms with Crippen molar-refractivity contribution in [3.8, 4) is 0 Å². The minimum absolute atomic E-state index is 0.0175. The molecule has 0 radical (unpaired) electrons. The summed E-state index contributed by atoms with van der Waals surface area (Å²) in [6.07, 6.45) is 0. The molecule has 0 bridgehead atoms. The maximum absolute atomic E-state index is 11.4. The van der Waals surface area contributed by atoms with Gasteiger partial charge in [-0.25, -0.2) is 8.42 Å². The first kappa shape index (κ1) is 15.5. The SMILES string of the molecule is CCS(=O)(=O)Nc1ccc(Nc2cccc(Cl)c2C)nn1. The lowest BCUT2D eigenvalue weighted by atomic mass is 10.2. The number of nitrogens with zero attached hydrogens (tertiary/aromatic N) is 2. The van der Waals surface area contributed by atoms with Gasteiger partial charge in [0.15, 0.2) is 11.6 Å². The van der Waals surface area contributed by atoms with Crippen molar-refractivity contribution in [1.29, 1.82) is 0 Å². The van der Waals surface area contributed by atoms with Crippen LogP contribution in [-0.2, 0) is 10.0 Å². The van der Waals surface area contributed by atoms with Crippen LogP contribution in [0.4, 0.5) is 17.3 Å². The first-order valence-corrected chi connectivity index (χ1v) is 8.30. The van der Waals surface area contributed by atoms with Crippen molar-refractivity contribution in [3.63, 3.8) is 0 Å². The number of sulfonamides is 1. The molecule has 0 aliphatic rings. The number of hydrogen-bond donors (Lipinski definition) is 2. The molecular weight excluding hydrogens is 312 g/mol. The Balaban J connectivity index is 2.15. The molecule has 0 amide bonds. The van der Waals surface area contributed by atoms with E-state index in [9.17, 15) is 8.42 Å². The summed E-state index contributed by atoms with van der Waals surface area (Å²) in [6, 6.07) is 8.69. The fraction of sp³-hybridized carbons (Fsp3) is 0.231. The first-order chi connectivity index (χ1) is 9.91. The van der Waals surface area contributed by atoms with Gasteiger partial charge in [-0.3, -0.25) is 4.72 Å². The van der Waals surface area contributed by atoms with Gasteiger partial charge in [-0.05, 0) is 43.7 Å². The lowest BCUT2D eigenvalue weighted by molar-refractivity contribution is 0.602. The van der Waals surface area contributed by atoms with Crippen molar-refractivity contribution in [2.45, 2.75) is 13.8 Å². The minimum Gasteiger partial charge on any atom is -0.338 e. The van der Waals surface area contributed by atoms with Gasteiger partial charge in [0, 0.05) is 10.7 Å². The highest BCUT2D eigenvalue weighted by Gasteiger charge is 2.08. The molecule has 0 saturated heterocycles. The first-order valence-electron chi connectivity index (χ1n) is 6.27. The molecule has 1 heterocycles. The third-order valence-corrected chi connectivity index (χ3v) is 4.52. The second-order valence-corrected chi connectivity index (χ2v) is 6.76. The Kier molecular flexibility index (Phi) is 4.64. The number of nitrogens with one attached hydrogen (secondary N) is 2. The van der Waals surface area contributed by atoms with Gasteiger partial charge in [0.05, 0.1) is 5.75 Å². The molecule has 0 unspecified atom stereocenters. The van der Waals surface area contributed by atoms with Crippen molar-refractivity contribution < 1.29 is 8.42 Å². The monoisotopic (exact) mass is 326 g/mol. The van der Waals surface area contributed by atoms with Crippen molar-refractivity contribution in [2.24, 2.45) is 0 Å². The van der Waals surface area contributed by atoms with Gasteiger partial charge in [-0.1, -0.05) is 17.7 Å². The molecule has 0 saturated carbocycles. The van der Waals surface area contributed by atoms with Gasteiger partial charge in [-0.15, -0.1) is 10.2 Å². The van der Waals surface area contributed by atoms with Crippen LogP contribution in [0.25, 0.3) is 0 Å². The van der Waals surface area contributed by atoms with E-state index in [2.05, 4.69) is 20.2 Å². The predicted molar refractivity (Wildman–Crippen MR) is 84.6 cm³/mol. The van der Waals surface area contributed by atoms with Crippen LogP contribution < -0.4 is 10.0 Å². The quantitative estimate of drug-likeness (QED) is 0.882. The third-order valence-electron chi connectivity index (χ3n) is 2.84. The Labute approximate surface area is 128 Å². The topological polar surface area (TPSA) is 84.0 Å². The van der Waals surface area contributed by atoms with Gasteiger partial charge in [0.1, 0.15) is 0 Å². The lowest BCUT2D eigenvalue weighted by Crippen LogP contribution is -2.15. The van der Waals surface area contributed by atoms with Crippen LogP contribution in [0.3, 0.4) is 0 Å². The van der Waals surface area contributed by atoms with Crippen LogP contribution in [0.5, 0.6) is 0 Å².